The Balaban J connectivity index is 2.19. The van der Waals surface area contributed by atoms with Gasteiger partial charge in [0.05, 0.1) is 11.1 Å². The van der Waals surface area contributed by atoms with Crippen molar-refractivity contribution in [1.29, 1.82) is 0 Å². The van der Waals surface area contributed by atoms with E-state index in [-0.39, 0.29) is 11.1 Å². The first kappa shape index (κ1) is 20.3. The molecule has 0 aromatic heterocycles. The number of aromatic carboxylic acids is 2. The van der Waals surface area contributed by atoms with E-state index in [0.29, 0.717) is 5.19 Å². The molecule has 0 atom stereocenters. The second-order valence-corrected chi connectivity index (χ2v) is 11.1. The van der Waals surface area contributed by atoms with Gasteiger partial charge in [-0.1, -0.05) is 91.0 Å². The molecule has 0 unspecified atom stereocenters. The Bertz CT molecular complexity index is 1090. The normalized spacial score (nSPS) is 11.1. The number of rotatable bonds is 6. The van der Waals surface area contributed by atoms with Gasteiger partial charge in [-0.25, -0.2) is 9.59 Å². The third kappa shape index (κ3) is 3.67. The molecule has 0 amide bonds. The summed E-state index contributed by atoms with van der Waals surface area (Å²) in [6.45, 7) is 0. The topological polar surface area (TPSA) is 74.6 Å². The van der Waals surface area contributed by atoms with Gasteiger partial charge in [-0.2, -0.15) is 0 Å². The van der Waals surface area contributed by atoms with Crippen LogP contribution in [0.2, 0.25) is 0 Å². The van der Waals surface area contributed by atoms with E-state index in [0.717, 1.165) is 15.6 Å². The Labute approximate surface area is 181 Å². The fourth-order valence-corrected chi connectivity index (χ4v) is 8.98. The number of hydrogen-bond donors (Lipinski definition) is 2. The number of hydrogen-bond acceptors (Lipinski definition) is 2. The van der Waals surface area contributed by atoms with Crippen LogP contribution < -0.4 is 20.7 Å². The van der Waals surface area contributed by atoms with Crippen molar-refractivity contribution in [2.45, 2.75) is 0 Å². The number of carboxylic acids is 2. The van der Waals surface area contributed by atoms with E-state index >= 15 is 0 Å². The van der Waals surface area contributed by atoms with Crippen LogP contribution in [0.25, 0.3) is 0 Å². The number of benzene rings is 4. The molecule has 0 saturated carbocycles. The Morgan fingerprint density at radius 3 is 1.10 bits per heavy atom. The summed E-state index contributed by atoms with van der Waals surface area (Å²) in [5, 5.41) is 23.3. The van der Waals surface area contributed by atoms with Gasteiger partial charge < -0.3 is 10.2 Å². The molecule has 0 spiro atoms. The highest BCUT2D eigenvalue weighted by Gasteiger charge is 2.42. The quantitative estimate of drug-likeness (QED) is 0.368. The molecule has 0 aliphatic heterocycles. The van der Waals surface area contributed by atoms with Crippen LogP contribution in [0.1, 0.15) is 20.7 Å². The molecule has 4 aromatic carbocycles. The minimum absolute atomic E-state index is 0.0328. The Morgan fingerprint density at radius 1 is 0.484 bits per heavy atom. The molecule has 0 saturated heterocycles. The average molecular weight is 425 g/mol. The predicted molar refractivity (Wildman–Crippen MR) is 124 cm³/mol. The first-order valence-electron chi connectivity index (χ1n) is 9.82. The van der Waals surface area contributed by atoms with Crippen LogP contribution in [-0.2, 0) is 0 Å². The number of carboxylic acid groups (broad SMARTS) is 2. The summed E-state index contributed by atoms with van der Waals surface area (Å²) in [5.41, 5.74) is -0.0656. The lowest BCUT2D eigenvalue weighted by atomic mass is 10.1. The maximum atomic E-state index is 11.9. The van der Waals surface area contributed by atoms with Crippen molar-refractivity contribution >= 4 is 40.8 Å². The summed E-state index contributed by atoms with van der Waals surface area (Å²) >= 11 is 0. The van der Waals surface area contributed by atoms with Crippen LogP contribution in [0.3, 0.4) is 0 Å². The molecule has 0 heterocycles. The van der Waals surface area contributed by atoms with Crippen molar-refractivity contribution in [3.8, 4) is 0 Å². The Hall–Kier alpha value is -3.96. The molecule has 0 radical (unpaired) electrons. The molecule has 0 aliphatic rings. The van der Waals surface area contributed by atoms with E-state index in [2.05, 4.69) is 0 Å². The van der Waals surface area contributed by atoms with Crippen LogP contribution in [0.5, 0.6) is 0 Å². The second kappa shape index (κ2) is 8.42. The van der Waals surface area contributed by atoms with Crippen molar-refractivity contribution in [3.05, 3.63) is 120 Å². The molecule has 31 heavy (non-hydrogen) atoms. The second-order valence-electron chi connectivity index (χ2n) is 7.26. The van der Waals surface area contributed by atoms with E-state index in [1.54, 1.807) is 12.1 Å². The molecule has 152 valence electrons. The lowest BCUT2D eigenvalue weighted by Gasteiger charge is -2.34. The van der Waals surface area contributed by atoms with Crippen molar-refractivity contribution in [2.24, 2.45) is 0 Å². The van der Waals surface area contributed by atoms with E-state index in [4.69, 9.17) is 0 Å². The third-order valence-electron chi connectivity index (χ3n) is 5.48. The summed E-state index contributed by atoms with van der Waals surface area (Å²) in [5.74, 6) is -2.30. The van der Waals surface area contributed by atoms with Gasteiger partial charge in [-0.05, 0) is 38.9 Å². The van der Waals surface area contributed by atoms with Crippen LogP contribution in [0.4, 0.5) is 0 Å². The van der Waals surface area contributed by atoms with E-state index in [9.17, 15) is 19.8 Å². The molecular weight excluding hydrogens is 404 g/mol. The first-order valence-corrected chi connectivity index (χ1v) is 11.8. The van der Waals surface area contributed by atoms with Gasteiger partial charge in [0.1, 0.15) is 0 Å². The summed E-state index contributed by atoms with van der Waals surface area (Å²) < 4.78 is 0. The minimum atomic E-state index is -2.98. The molecule has 0 fully saturated rings. The zero-order chi connectivity index (χ0) is 21.8. The van der Waals surface area contributed by atoms with E-state index in [1.165, 1.54) is 6.07 Å². The van der Waals surface area contributed by atoms with Gasteiger partial charge in [-0.15, -0.1) is 0 Å². The molecule has 4 rings (SSSR count). The lowest BCUT2D eigenvalue weighted by molar-refractivity contribution is 0.0696. The van der Waals surface area contributed by atoms with Crippen LogP contribution >= 0.6 is 0 Å². The maximum Gasteiger partial charge on any atom is 0.335 e. The Kier molecular flexibility index (Phi) is 5.52. The highest BCUT2D eigenvalue weighted by molar-refractivity contribution is 7.19. The SMILES string of the molecule is O=C(O)c1cc(C(=O)O)cc([Si](c2ccccc2)(c2ccccc2)c2ccccc2)c1. The standard InChI is InChI=1S/C26H20O4Si/c27-25(28)19-16-20(26(29)30)18-24(17-19)31(21-10-4-1-5-11-21,22-12-6-2-7-13-22)23-14-8-3-9-15-23/h1-18H,(H,27,28)(H,29,30). The van der Waals surface area contributed by atoms with Crippen LogP contribution in [-0.4, -0.2) is 30.2 Å². The Morgan fingerprint density at radius 2 is 0.806 bits per heavy atom. The van der Waals surface area contributed by atoms with Gasteiger partial charge in [0, 0.05) is 0 Å². The highest BCUT2D eigenvalue weighted by atomic mass is 28.3. The van der Waals surface area contributed by atoms with Crippen molar-refractivity contribution in [1.82, 2.24) is 0 Å². The predicted octanol–water partition coefficient (Wildman–Crippen LogP) is 2.46. The first-order chi connectivity index (χ1) is 15.0. The van der Waals surface area contributed by atoms with Gasteiger partial charge >= 0.3 is 11.9 Å². The van der Waals surface area contributed by atoms with Crippen LogP contribution in [0.15, 0.2) is 109 Å². The van der Waals surface area contributed by atoms with Gasteiger partial charge in [0.2, 0.25) is 0 Å². The molecule has 0 bridgehead atoms. The van der Waals surface area contributed by atoms with Gasteiger partial charge in [0.15, 0.2) is 8.07 Å². The van der Waals surface area contributed by atoms with Crippen molar-refractivity contribution < 1.29 is 19.8 Å². The fraction of sp³-hybridized carbons (Fsp3) is 0. The number of carbonyl (C=O) groups is 2. The van der Waals surface area contributed by atoms with Crippen molar-refractivity contribution in [3.63, 3.8) is 0 Å². The minimum Gasteiger partial charge on any atom is -0.478 e. The van der Waals surface area contributed by atoms with Gasteiger partial charge in [0.25, 0.3) is 0 Å². The summed E-state index contributed by atoms with van der Waals surface area (Å²) in [7, 11) is -2.98. The largest absolute Gasteiger partial charge is 0.478 e. The highest BCUT2D eigenvalue weighted by Crippen LogP contribution is 2.13. The maximum absolute atomic E-state index is 11.9. The summed E-state index contributed by atoms with van der Waals surface area (Å²) in [6, 6.07) is 34.3. The average Bonchev–Trinajstić information content (AvgIpc) is 2.81. The monoisotopic (exact) mass is 424 g/mol. The van der Waals surface area contributed by atoms with Crippen LogP contribution in [0, 0.1) is 0 Å². The van der Waals surface area contributed by atoms with E-state index < -0.39 is 20.0 Å². The smallest absolute Gasteiger partial charge is 0.335 e. The lowest BCUT2D eigenvalue weighted by Crippen LogP contribution is -2.74. The summed E-state index contributed by atoms with van der Waals surface area (Å²) in [4.78, 5) is 23.8. The third-order valence-corrected chi connectivity index (χ3v) is 10.2. The van der Waals surface area contributed by atoms with Gasteiger partial charge in [-0.3, -0.25) is 0 Å². The molecular formula is C26H20O4Si. The molecule has 4 nitrogen and oxygen atoms in total. The molecule has 5 heteroatoms. The van der Waals surface area contributed by atoms with E-state index in [1.807, 2.05) is 91.0 Å². The molecule has 2 N–H and O–H groups in total. The van der Waals surface area contributed by atoms with Crippen molar-refractivity contribution in [2.75, 3.05) is 0 Å². The molecule has 4 aromatic rings. The summed E-state index contributed by atoms with van der Waals surface area (Å²) in [6.07, 6.45) is 0. The molecule has 0 aliphatic carbocycles. The zero-order valence-corrected chi connectivity index (χ0v) is 17.6. The fourth-order valence-electron chi connectivity index (χ4n) is 4.16. The zero-order valence-electron chi connectivity index (χ0n) is 16.6.